The first-order chi connectivity index (χ1) is 12.7. The highest BCUT2D eigenvalue weighted by Gasteiger charge is 2.23. The molecule has 2 aromatic carbocycles. The Kier molecular flexibility index (Phi) is 4.80. The van der Waals surface area contributed by atoms with Crippen LogP contribution in [0.1, 0.15) is 15.9 Å². The summed E-state index contributed by atoms with van der Waals surface area (Å²) < 4.78 is 0. The van der Waals surface area contributed by atoms with E-state index >= 15 is 0 Å². The van der Waals surface area contributed by atoms with Gasteiger partial charge in [0.2, 0.25) is 0 Å². The molecular weight excluding hydrogens is 342 g/mol. The molecule has 132 valence electrons. The predicted octanol–water partition coefficient (Wildman–Crippen LogP) is 4.48. The minimum Gasteiger partial charge on any atom is -0.354 e. The molecule has 26 heavy (non-hydrogen) atoms. The Bertz CT molecular complexity index is 951. The van der Waals surface area contributed by atoms with Crippen LogP contribution < -0.4 is 5.32 Å². The van der Waals surface area contributed by atoms with Gasteiger partial charge in [-0.2, -0.15) is 11.8 Å². The molecule has 1 aliphatic heterocycles. The largest absolute Gasteiger partial charge is 0.354 e. The zero-order chi connectivity index (χ0) is 17.9. The summed E-state index contributed by atoms with van der Waals surface area (Å²) in [6, 6.07) is 16.1. The third-order valence-corrected chi connectivity index (χ3v) is 5.53. The lowest BCUT2D eigenvalue weighted by Gasteiger charge is -2.27. The topological polar surface area (TPSA) is 45.2 Å². The second kappa shape index (κ2) is 7.38. The van der Waals surface area contributed by atoms with Crippen molar-refractivity contribution < 1.29 is 4.79 Å². The van der Waals surface area contributed by atoms with Crippen LogP contribution in [0.25, 0.3) is 10.9 Å². The highest BCUT2D eigenvalue weighted by Crippen LogP contribution is 2.30. The van der Waals surface area contributed by atoms with Crippen LogP contribution in [0.5, 0.6) is 0 Å². The van der Waals surface area contributed by atoms with Gasteiger partial charge in [-0.1, -0.05) is 30.3 Å². The number of hydrogen-bond acceptors (Lipinski definition) is 4. The first-order valence-corrected chi connectivity index (χ1v) is 9.96. The molecule has 4 rings (SSSR count). The predicted molar refractivity (Wildman–Crippen MR) is 109 cm³/mol. The van der Waals surface area contributed by atoms with E-state index in [0.717, 1.165) is 46.9 Å². The molecule has 1 aliphatic rings. The molecule has 0 spiro atoms. The molecule has 0 bridgehead atoms. The molecule has 2 heterocycles. The van der Waals surface area contributed by atoms with E-state index in [9.17, 15) is 4.79 Å². The Morgan fingerprint density at radius 3 is 2.73 bits per heavy atom. The van der Waals surface area contributed by atoms with Crippen LogP contribution in [0.4, 0.5) is 11.4 Å². The fraction of sp³-hybridized carbons (Fsp3) is 0.238. The van der Waals surface area contributed by atoms with E-state index in [1.54, 1.807) is 6.20 Å². The molecule has 1 N–H and O–H groups in total. The number of aryl methyl sites for hydroxylation is 1. The number of nitrogens with zero attached hydrogens (tertiary/aromatic N) is 2. The van der Waals surface area contributed by atoms with Crippen LogP contribution in [0.3, 0.4) is 0 Å². The van der Waals surface area contributed by atoms with E-state index in [2.05, 4.69) is 29.4 Å². The maximum absolute atomic E-state index is 13.2. The van der Waals surface area contributed by atoms with Gasteiger partial charge in [-0.05, 0) is 30.7 Å². The van der Waals surface area contributed by atoms with Crippen LogP contribution in [0.15, 0.2) is 54.7 Å². The van der Waals surface area contributed by atoms with Gasteiger partial charge in [-0.15, -0.1) is 0 Å². The van der Waals surface area contributed by atoms with Crippen LogP contribution in [0, 0.1) is 6.92 Å². The number of thioether (sulfide) groups is 1. The molecule has 0 saturated carbocycles. The van der Waals surface area contributed by atoms with Crippen molar-refractivity contribution in [1.29, 1.82) is 0 Å². The van der Waals surface area contributed by atoms with Crippen molar-refractivity contribution in [3.05, 3.63) is 65.9 Å². The average Bonchev–Trinajstić information content (AvgIpc) is 2.68. The van der Waals surface area contributed by atoms with Gasteiger partial charge in [0, 0.05) is 41.9 Å². The molecule has 1 saturated heterocycles. The molecular formula is C21H21N3OS. The number of hydrogen-bond donors (Lipinski definition) is 1. The normalized spacial score (nSPS) is 14.4. The number of carbonyl (C=O) groups is 1. The SMILES string of the molecule is Cc1cccc(Nc2c(C(=O)N3CCSCC3)cnc3ccccc23)c1. The minimum absolute atomic E-state index is 0.0544. The second-order valence-corrected chi connectivity index (χ2v) is 7.69. The number of carbonyl (C=O) groups excluding carboxylic acids is 1. The summed E-state index contributed by atoms with van der Waals surface area (Å²) in [6.07, 6.45) is 1.71. The van der Waals surface area contributed by atoms with E-state index in [1.807, 2.05) is 53.1 Å². The standard InChI is InChI=1S/C21H21N3OS/c1-15-5-4-6-16(13-15)23-20-17-7-2-3-8-19(17)22-14-18(20)21(25)24-9-11-26-12-10-24/h2-8,13-14H,9-12H2,1H3,(H,22,23). The molecule has 1 fully saturated rings. The van der Waals surface area contributed by atoms with E-state index in [0.29, 0.717) is 5.56 Å². The van der Waals surface area contributed by atoms with E-state index in [-0.39, 0.29) is 5.91 Å². The molecule has 1 aromatic heterocycles. The van der Waals surface area contributed by atoms with Crippen LogP contribution in [-0.2, 0) is 0 Å². The Hall–Kier alpha value is -2.53. The lowest BCUT2D eigenvalue weighted by Crippen LogP contribution is -2.38. The summed E-state index contributed by atoms with van der Waals surface area (Å²) in [5.74, 6) is 2.04. The van der Waals surface area contributed by atoms with Crippen LogP contribution in [-0.4, -0.2) is 40.4 Å². The summed E-state index contributed by atoms with van der Waals surface area (Å²) in [5.41, 5.74) is 4.51. The summed E-state index contributed by atoms with van der Waals surface area (Å²) in [4.78, 5) is 19.6. The number of anilines is 2. The third kappa shape index (κ3) is 3.40. The van der Waals surface area contributed by atoms with Crippen molar-refractivity contribution in [2.45, 2.75) is 6.92 Å². The Balaban J connectivity index is 1.80. The number of para-hydroxylation sites is 1. The van der Waals surface area contributed by atoms with Gasteiger partial charge in [0.25, 0.3) is 5.91 Å². The number of nitrogens with one attached hydrogen (secondary N) is 1. The molecule has 0 radical (unpaired) electrons. The second-order valence-electron chi connectivity index (χ2n) is 6.46. The smallest absolute Gasteiger partial charge is 0.257 e. The fourth-order valence-corrected chi connectivity index (χ4v) is 4.15. The molecule has 1 amide bonds. The van der Waals surface area contributed by atoms with Crippen molar-refractivity contribution in [3.8, 4) is 0 Å². The highest BCUT2D eigenvalue weighted by atomic mass is 32.2. The lowest BCUT2D eigenvalue weighted by atomic mass is 10.1. The Morgan fingerprint density at radius 2 is 1.92 bits per heavy atom. The lowest BCUT2D eigenvalue weighted by molar-refractivity contribution is 0.0773. The number of fused-ring (bicyclic) bond motifs is 1. The molecule has 0 aliphatic carbocycles. The first-order valence-electron chi connectivity index (χ1n) is 8.81. The number of amides is 1. The van der Waals surface area contributed by atoms with E-state index in [4.69, 9.17) is 0 Å². The van der Waals surface area contributed by atoms with E-state index in [1.165, 1.54) is 5.56 Å². The number of pyridine rings is 1. The van der Waals surface area contributed by atoms with Crippen molar-refractivity contribution in [3.63, 3.8) is 0 Å². The van der Waals surface area contributed by atoms with Gasteiger partial charge in [-0.25, -0.2) is 0 Å². The quantitative estimate of drug-likeness (QED) is 0.745. The highest BCUT2D eigenvalue weighted by molar-refractivity contribution is 7.99. The van der Waals surface area contributed by atoms with Crippen molar-refractivity contribution in [2.24, 2.45) is 0 Å². The zero-order valence-corrected chi connectivity index (χ0v) is 15.6. The molecule has 0 unspecified atom stereocenters. The third-order valence-electron chi connectivity index (χ3n) is 4.59. The van der Waals surface area contributed by atoms with Crippen molar-refractivity contribution in [1.82, 2.24) is 9.88 Å². The fourth-order valence-electron chi connectivity index (χ4n) is 3.24. The van der Waals surface area contributed by atoms with Gasteiger partial charge in [0.1, 0.15) is 0 Å². The van der Waals surface area contributed by atoms with Crippen molar-refractivity contribution >= 4 is 39.9 Å². The summed E-state index contributed by atoms with van der Waals surface area (Å²) in [5, 5.41) is 4.45. The number of rotatable bonds is 3. The summed E-state index contributed by atoms with van der Waals surface area (Å²) in [7, 11) is 0. The minimum atomic E-state index is 0.0544. The number of aromatic nitrogens is 1. The van der Waals surface area contributed by atoms with Gasteiger partial charge < -0.3 is 10.2 Å². The maximum atomic E-state index is 13.2. The van der Waals surface area contributed by atoms with E-state index < -0.39 is 0 Å². The Labute approximate surface area is 157 Å². The van der Waals surface area contributed by atoms with Gasteiger partial charge in [0.15, 0.2) is 0 Å². The van der Waals surface area contributed by atoms with Gasteiger partial charge >= 0.3 is 0 Å². The van der Waals surface area contributed by atoms with Crippen molar-refractivity contribution in [2.75, 3.05) is 29.9 Å². The molecule has 0 atom stereocenters. The van der Waals surface area contributed by atoms with Gasteiger partial charge in [0.05, 0.1) is 16.8 Å². The summed E-state index contributed by atoms with van der Waals surface area (Å²) in [6.45, 7) is 3.65. The molecule has 3 aromatic rings. The first kappa shape index (κ1) is 16.9. The van der Waals surface area contributed by atoms with Gasteiger partial charge in [-0.3, -0.25) is 9.78 Å². The Morgan fingerprint density at radius 1 is 1.12 bits per heavy atom. The number of benzene rings is 2. The van der Waals surface area contributed by atoms with Crippen LogP contribution in [0.2, 0.25) is 0 Å². The molecule has 4 nitrogen and oxygen atoms in total. The maximum Gasteiger partial charge on any atom is 0.257 e. The average molecular weight is 363 g/mol. The zero-order valence-electron chi connectivity index (χ0n) is 14.7. The summed E-state index contributed by atoms with van der Waals surface area (Å²) >= 11 is 1.90. The monoisotopic (exact) mass is 363 g/mol. The molecule has 5 heteroatoms. The van der Waals surface area contributed by atoms with Crippen LogP contribution >= 0.6 is 11.8 Å².